The third kappa shape index (κ3) is 1.97. The van der Waals surface area contributed by atoms with Crippen LogP contribution in [0.1, 0.15) is 20.8 Å². The molecule has 0 aromatic carbocycles. The van der Waals surface area contributed by atoms with Crippen molar-refractivity contribution in [1.29, 1.82) is 0 Å². The predicted octanol–water partition coefficient (Wildman–Crippen LogP) is 1.01. The van der Waals surface area contributed by atoms with E-state index in [0.29, 0.717) is 19.3 Å². The molecule has 0 aromatic heterocycles. The first-order valence-corrected chi connectivity index (χ1v) is 4.38. The summed E-state index contributed by atoms with van der Waals surface area (Å²) in [7, 11) is 0. The van der Waals surface area contributed by atoms with E-state index in [2.05, 4.69) is 6.92 Å². The average molecular weight is 174 g/mol. The maximum absolute atomic E-state index is 9.13. The first-order valence-electron chi connectivity index (χ1n) is 4.38. The summed E-state index contributed by atoms with van der Waals surface area (Å²) in [6, 6.07) is 0. The summed E-state index contributed by atoms with van der Waals surface area (Å²) in [5.41, 5.74) is -0.0850. The molecule has 0 amide bonds. The van der Waals surface area contributed by atoms with E-state index < -0.39 is 0 Å². The molecule has 0 aliphatic carbocycles. The molecular formula is C9H18O3. The summed E-state index contributed by atoms with van der Waals surface area (Å²) in [6.45, 7) is 7.42. The maximum Gasteiger partial charge on any atom is 0.147 e. The van der Waals surface area contributed by atoms with Crippen molar-refractivity contribution in [2.75, 3.05) is 20.0 Å². The summed E-state index contributed by atoms with van der Waals surface area (Å²) in [5, 5.41) is 9.13. The molecule has 0 bridgehead atoms. The number of aliphatic hydroxyl groups is 1. The highest BCUT2D eigenvalue weighted by Gasteiger charge is 2.34. The molecule has 2 unspecified atom stereocenters. The normalized spacial score (nSPS) is 27.5. The third-order valence-electron chi connectivity index (χ3n) is 2.85. The van der Waals surface area contributed by atoms with Crippen molar-refractivity contribution in [1.82, 2.24) is 0 Å². The van der Waals surface area contributed by atoms with Crippen LogP contribution in [-0.2, 0) is 9.47 Å². The Hall–Kier alpha value is -0.120. The third-order valence-corrected chi connectivity index (χ3v) is 2.85. The number of aliphatic hydroxyl groups excluding tert-OH is 1. The van der Waals surface area contributed by atoms with Gasteiger partial charge in [0.05, 0.1) is 12.7 Å². The second kappa shape index (κ2) is 3.73. The molecule has 1 fully saturated rings. The van der Waals surface area contributed by atoms with Gasteiger partial charge in [0.15, 0.2) is 0 Å². The molecular weight excluding hydrogens is 156 g/mol. The maximum atomic E-state index is 9.13. The molecule has 1 saturated heterocycles. The van der Waals surface area contributed by atoms with Crippen molar-refractivity contribution in [3.05, 3.63) is 0 Å². The zero-order valence-electron chi connectivity index (χ0n) is 8.04. The molecule has 3 nitrogen and oxygen atoms in total. The Kier molecular flexibility index (Phi) is 3.09. The van der Waals surface area contributed by atoms with Gasteiger partial charge in [0.1, 0.15) is 6.79 Å². The number of hydrogen-bond donors (Lipinski definition) is 1. The minimum Gasteiger partial charge on any atom is -0.396 e. The zero-order valence-corrected chi connectivity index (χ0v) is 8.04. The Balaban J connectivity index is 2.50. The quantitative estimate of drug-likeness (QED) is 0.694. The van der Waals surface area contributed by atoms with Crippen molar-refractivity contribution < 1.29 is 14.6 Å². The zero-order chi connectivity index (χ0) is 9.19. The summed E-state index contributed by atoms with van der Waals surface area (Å²) in [6.07, 6.45) is 0.146. The molecule has 1 aliphatic rings. The van der Waals surface area contributed by atoms with Crippen molar-refractivity contribution in [3.8, 4) is 0 Å². The van der Waals surface area contributed by atoms with Crippen molar-refractivity contribution in [2.24, 2.45) is 11.3 Å². The molecule has 3 heteroatoms. The molecule has 1 rings (SSSR count). The van der Waals surface area contributed by atoms with Crippen LogP contribution in [0.2, 0.25) is 0 Å². The highest BCUT2D eigenvalue weighted by atomic mass is 16.7. The summed E-state index contributed by atoms with van der Waals surface area (Å²) in [4.78, 5) is 0. The van der Waals surface area contributed by atoms with Gasteiger partial charge < -0.3 is 14.6 Å². The van der Waals surface area contributed by atoms with E-state index in [1.54, 1.807) is 0 Å². The van der Waals surface area contributed by atoms with Crippen LogP contribution in [0.15, 0.2) is 0 Å². The largest absolute Gasteiger partial charge is 0.396 e. The molecule has 0 saturated carbocycles. The monoisotopic (exact) mass is 174 g/mol. The Morgan fingerprint density at radius 1 is 1.58 bits per heavy atom. The first kappa shape index (κ1) is 9.96. The lowest BCUT2D eigenvalue weighted by Gasteiger charge is -2.32. The summed E-state index contributed by atoms with van der Waals surface area (Å²) in [5.74, 6) is 0.324. The van der Waals surface area contributed by atoms with E-state index in [4.69, 9.17) is 14.6 Å². The molecule has 1 heterocycles. The van der Waals surface area contributed by atoms with E-state index in [1.165, 1.54) is 0 Å². The van der Waals surface area contributed by atoms with Gasteiger partial charge in [-0.1, -0.05) is 20.8 Å². The van der Waals surface area contributed by atoms with Crippen LogP contribution in [0.25, 0.3) is 0 Å². The van der Waals surface area contributed by atoms with Crippen molar-refractivity contribution in [3.63, 3.8) is 0 Å². The van der Waals surface area contributed by atoms with Crippen LogP contribution in [0.3, 0.4) is 0 Å². The average Bonchev–Trinajstić information content (AvgIpc) is 2.55. The molecule has 1 N–H and O–H groups in total. The van der Waals surface area contributed by atoms with E-state index in [1.807, 2.05) is 13.8 Å². The van der Waals surface area contributed by atoms with Crippen LogP contribution in [-0.4, -0.2) is 31.2 Å². The standard InChI is InChI=1S/C9H18O3/c1-7(9(2,3)5-10)8-4-11-6-12-8/h7-8,10H,4-6H2,1-3H3. The fourth-order valence-electron chi connectivity index (χ4n) is 1.28. The van der Waals surface area contributed by atoms with Gasteiger partial charge in [-0.3, -0.25) is 0 Å². The Morgan fingerprint density at radius 2 is 2.25 bits per heavy atom. The molecule has 1 aliphatic heterocycles. The lowest BCUT2D eigenvalue weighted by atomic mass is 9.78. The molecule has 2 atom stereocenters. The Morgan fingerprint density at radius 3 is 2.67 bits per heavy atom. The number of hydrogen-bond acceptors (Lipinski definition) is 3. The van der Waals surface area contributed by atoms with Gasteiger partial charge >= 0.3 is 0 Å². The highest BCUT2D eigenvalue weighted by molar-refractivity contribution is 4.81. The van der Waals surface area contributed by atoms with Crippen LogP contribution in [0, 0.1) is 11.3 Å². The van der Waals surface area contributed by atoms with Crippen molar-refractivity contribution >= 4 is 0 Å². The number of ether oxygens (including phenoxy) is 2. The molecule has 0 spiro atoms. The van der Waals surface area contributed by atoms with Gasteiger partial charge in [-0.2, -0.15) is 0 Å². The second-order valence-electron chi connectivity index (χ2n) is 4.13. The van der Waals surface area contributed by atoms with Crippen LogP contribution in [0.5, 0.6) is 0 Å². The molecule has 0 aromatic rings. The highest BCUT2D eigenvalue weighted by Crippen LogP contribution is 2.31. The molecule has 0 radical (unpaired) electrons. The van der Waals surface area contributed by atoms with Gasteiger partial charge in [-0.05, 0) is 11.3 Å². The molecule has 72 valence electrons. The van der Waals surface area contributed by atoms with Crippen LogP contribution >= 0.6 is 0 Å². The first-order chi connectivity index (χ1) is 5.58. The van der Waals surface area contributed by atoms with Crippen LogP contribution in [0.4, 0.5) is 0 Å². The van der Waals surface area contributed by atoms with E-state index in [9.17, 15) is 0 Å². The SMILES string of the molecule is CC(C1COCO1)C(C)(C)CO. The lowest BCUT2D eigenvalue weighted by molar-refractivity contribution is -0.0121. The predicted molar refractivity (Wildman–Crippen MR) is 45.7 cm³/mol. The molecule has 12 heavy (non-hydrogen) atoms. The van der Waals surface area contributed by atoms with Crippen molar-refractivity contribution in [2.45, 2.75) is 26.9 Å². The van der Waals surface area contributed by atoms with Gasteiger partial charge in [0.25, 0.3) is 0 Å². The summed E-state index contributed by atoms with van der Waals surface area (Å²) >= 11 is 0. The van der Waals surface area contributed by atoms with E-state index in [-0.39, 0.29) is 18.1 Å². The smallest absolute Gasteiger partial charge is 0.147 e. The lowest BCUT2D eigenvalue weighted by Crippen LogP contribution is -2.35. The fraction of sp³-hybridized carbons (Fsp3) is 1.00. The van der Waals surface area contributed by atoms with E-state index >= 15 is 0 Å². The Labute approximate surface area is 73.7 Å². The second-order valence-corrected chi connectivity index (χ2v) is 4.13. The van der Waals surface area contributed by atoms with Gasteiger partial charge in [0, 0.05) is 6.61 Å². The topological polar surface area (TPSA) is 38.7 Å². The summed E-state index contributed by atoms with van der Waals surface area (Å²) < 4.78 is 10.5. The van der Waals surface area contributed by atoms with Gasteiger partial charge in [0.2, 0.25) is 0 Å². The minimum absolute atomic E-state index is 0.0850. The number of rotatable bonds is 3. The minimum atomic E-state index is -0.0850. The fourth-order valence-corrected chi connectivity index (χ4v) is 1.28. The Bertz CT molecular complexity index is 139. The van der Waals surface area contributed by atoms with E-state index in [0.717, 1.165) is 0 Å². The van der Waals surface area contributed by atoms with Gasteiger partial charge in [-0.15, -0.1) is 0 Å². The van der Waals surface area contributed by atoms with Gasteiger partial charge in [-0.25, -0.2) is 0 Å². The van der Waals surface area contributed by atoms with Crippen LogP contribution < -0.4 is 0 Å².